The number of unbranched alkanes of at least 4 members (excludes halogenated alkanes) is 14. The molecule has 1 N–H and O–H groups in total. The molecule has 8 nitrogen and oxygen atoms in total. The first-order valence-corrected chi connectivity index (χ1v) is 21.8. The summed E-state index contributed by atoms with van der Waals surface area (Å²) in [7, 11) is 5.51. The zero-order chi connectivity index (χ0) is 40.7. The lowest BCUT2D eigenvalue weighted by Gasteiger charge is -2.31. The van der Waals surface area contributed by atoms with Gasteiger partial charge in [-0.25, -0.2) is 4.79 Å². The van der Waals surface area contributed by atoms with E-state index in [1.165, 1.54) is 32.1 Å². The fraction of sp³-hybridized carbons (Fsp3) is 0.723. The normalized spacial score (nSPS) is 13.5. The third kappa shape index (κ3) is 36.4. The van der Waals surface area contributed by atoms with Crippen molar-refractivity contribution in [2.24, 2.45) is 0 Å². The van der Waals surface area contributed by atoms with Crippen LogP contribution in [-0.2, 0) is 28.6 Å². The summed E-state index contributed by atoms with van der Waals surface area (Å²) in [6.07, 6.45) is 45.4. The minimum atomic E-state index is -0.882. The van der Waals surface area contributed by atoms with Gasteiger partial charge in [-0.15, -0.1) is 0 Å². The Bertz CT molecular complexity index is 1090. The van der Waals surface area contributed by atoms with Gasteiger partial charge in [-0.2, -0.15) is 0 Å². The summed E-state index contributed by atoms with van der Waals surface area (Å²) in [5.74, 6) is -1.51. The summed E-state index contributed by atoms with van der Waals surface area (Å²) in [4.78, 5) is 37.0. The van der Waals surface area contributed by atoms with Gasteiger partial charge in [0.15, 0.2) is 12.1 Å². The maximum absolute atomic E-state index is 12.7. The summed E-state index contributed by atoms with van der Waals surface area (Å²) in [6.45, 7) is 4.56. The van der Waals surface area contributed by atoms with Gasteiger partial charge in [0.2, 0.25) is 0 Å². The Morgan fingerprint density at radius 1 is 0.564 bits per heavy atom. The Morgan fingerprint density at radius 2 is 1.02 bits per heavy atom. The van der Waals surface area contributed by atoms with Crippen LogP contribution in [0, 0.1) is 0 Å². The van der Waals surface area contributed by atoms with Crippen molar-refractivity contribution in [3.63, 3.8) is 0 Å². The van der Waals surface area contributed by atoms with Crippen molar-refractivity contribution < 1.29 is 38.2 Å². The van der Waals surface area contributed by atoms with Crippen LogP contribution in [0.25, 0.3) is 0 Å². The van der Waals surface area contributed by atoms with Gasteiger partial charge in [-0.1, -0.05) is 132 Å². The molecule has 0 aromatic rings. The van der Waals surface area contributed by atoms with Crippen molar-refractivity contribution in [3.05, 3.63) is 60.8 Å². The Balaban J connectivity index is 4.41. The van der Waals surface area contributed by atoms with Crippen LogP contribution in [0.3, 0.4) is 0 Å². The Morgan fingerprint density at radius 3 is 1.51 bits per heavy atom. The second-order valence-corrected chi connectivity index (χ2v) is 15.6. The molecule has 0 amide bonds. The van der Waals surface area contributed by atoms with Crippen molar-refractivity contribution in [1.82, 2.24) is 0 Å². The predicted octanol–water partition coefficient (Wildman–Crippen LogP) is 11.8. The quantitative estimate of drug-likeness (QED) is 0.0289. The first kappa shape index (κ1) is 52.0. The van der Waals surface area contributed by atoms with Crippen LogP contribution in [-0.4, -0.2) is 80.6 Å². The Labute approximate surface area is 337 Å². The Kier molecular flexibility index (Phi) is 35.9. The first-order valence-electron chi connectivity index (χ1n) is 21.8. The smallest absolute Gasteiger partial charge is 0.362 e. The minimum absolute atomic E-state index is 0.0471. The van der Waals surface area contributed by atoms with Crippen LogP contribution in [0.1, 0.15) is 168 Å². The van der Waals surface area contributed by atoms with Gasteiger partial charge in [-0.3, -0.25) is 9.59 Å². The van der Waals surface area contributed by atoms with E-state index in [1.807, 2.05) is 21.1 Å². The van der Waals surface area contributed by atoms with Crippen molar-refractivity contribution in [2.45, 2.75) is 180 Å². The summed E-state index contributed by atoms with van der Waals surface area (Å²) in [5, 5.41) is 9.61. The topological polar surface area (TPSA) is 99.1 Å². The van der Waals surface area contributed by atoms with Gasteiger partial charge >= 0.3 is 17.9 Å². The predicted molar refractivity (Wildman–Crippen MR) is 229 cm³/mol. The molecule has 0 aliphatic heterocycles. The number of hydrogen-bond donors (Lipinski definition) is 1. The number of rotatable bonds is 38. The van der Waals surface area contributed by atoms with E-state index in [4.69, 9.17) is 14.2 Å². The first-order chi connectivity index (χ1) is 26.6. The second kappa shape index (κ2) is 37.9. The number of nitrogens with zero attached hydrogens (tertiary/aromatic N) is 1. The molecule has 8 heteroatoms. The molecule has 0 bridgehead atoms. The number of esters is 2. The lowest BCUT2D eigenvalue weighted by Crippen LogP contribution is -2.50. The number of allylic oxidation sites excluding steroid dienone is 10. The van der Waals surface area contributed by atoms with Gasteiger partial charge in [0, 0.05) is 19.3 Å². The average molecular weight is 773 g/mol. The van der Waals surface area contributed by atoms with Crippen molar-refractivity contribution in [1.29, 1.82) is 0 Å². The molecule has 0 saturated carbocycles. The highest BCUT2D eigenvalue weighted by atomic mass is 16.6. The van der Waals surface area contributed by atoms with E-state index >= 15 is 0 Å². The van der Waals surface area contributed by atoms with E-state index < -0.39 is 18.1 Å². The van der Waals surface area contributed by atoms with E-state index in [0.717, 1.165) is 103 Å². The molecule has 0 aromatic heterocycles. The standard InChI is InChI=1S/C47H81NO7/c1-6-8-10-12-14-16-18-20-22-24-25-27-29-31-33-35-37-45(49)54-42-43(41-53-40-39-44(47(51)52)48(3,4)5)55-46(50)38-36-34-32-30-28-26-23-21-19-17-15-13-11-9-7-2/h9,11,15-18,21-24,43-44H,6-8,10,12-14,19-20,25-42H2,1-5H3/p+1/b11-9-,17-15-,18-16-,23-21-,24-22-. The zero-order valence-electron chi connectivity index (χ0n) is 35.9. The summed E-state index contributed by atoms with van der Waals surface area (Å²) < 4.78 is 17.2. The molecule has 2 unspecified atom stereocenters. The molecule has 0 aliphatic rings. The molecule has 0 radical (unpaired) electrons. The summed E-state index contributed by atoms with van der Waals surface area (Å²) in [6, 6.07) is -0.622. The largest absolute Gasteiger partial charge is 0.477 e. The number of carboxylic acid groups (broad SMARTS) is 1. The monoisotopic (exact) mass is 773 g/mol. The van der Waals surface area contributed by atoms with Crippen molar-refractivity contribution in [2.75, 3.05) is 41.0 Å². The number of carbonyl (C=O) groups is 3. The lowest BCUT2D eigenvalue weighted by molar-refractivity contribution is -0.887. The third-order valence-corrected chi connectivity index (χ3v) is 9.40. The molecule has 0 saturated heterocycles. The number of hydrogen-bond acceptors (Lipinski definition) is 6. The number of carboxylic acids is 1. The highest BCUT2D eigenvalue weighted by molar-refractivity contribution is 5.72. The van der Waals surface area contributed by atoms with E-state index in [-0.39, 0.29) is 36.2 Å². The highest BCUT2D eigenvalue weighted by Gasteiger charge is 2.31. The molecule has 2 atom stereocenters. The number of carbonyl (C=O) groups excluding carboxylic acids is 2. The molecule has 0 spiro atoms. The fourth-order valence-corrected chi connectivity index (χ4v) is 6.02. The number of likely N-dealkylation sites (N-methyl/N-ethyl adjacent to an activating group) is 1. The van der Waals surface area contributed by atoms with Gasteiger partial charge in [0.25, 0.3) is 0 Å². The number of aliphatic carboxylic acids is 1. The van der Waals surface area contributed by atoms with Crippen LogP contribution in [0.4, 0.5) is 0 Å². The molecule has 0 heterocycles. The molecular weight excluding hydrogens is 691 g/mol. The van der Waals surface area contributed by atoms with Crippen LogP contribution in [0.5, 0.6) is 0 Å². The van der Waals surface area contributed by atoms with E-state index in [9.17, 15) is 19.5 Å². The van der Waals surface area contributed by atoms with Gasteiger partial charge in [-0.05, 0) is 77.0 Å². The third-order valence-electron chi connectivity index (χ3n) is 9.40. The average Bonchev–Trinajstić information content (AvgIpc) is 3.14. The fourth-order valence-electron chi connectivity index (χ4n) is 6.02. The maximum atomic E-state index is 12.7. The molecule has 55 heavy (non-hydrogen) atoms. The second-order valence-electron chi connectivity index (χ2n) is 15.6. The maximum Gasteiger partial charge on any atom is 0.362 e. The van der Waals surface area contributed by atoms with Crippen LogP contribution in [0.2, 0.25) is 0 Å². The lowest BCUT2D eigenvalue weighted by atomic mass is 10.1. The molecule has 0 fully saturated rings. The van der Waals surface area contributed by atoms with E-state index in [0.29, 0.717) is 19.3 Å². The van der Waals surface area contributed by atoms with Gasteiger partial charge in [0.05, 0.1) is 34.4 Å². The number of ether oxygens (including phenoxy) is 3. The summed E-state index contributed by atoms with van der Waals surface area (Å²) in [5.41, 5.74) is 0. The van der Waals surface area contributed by atoms with Crippen molar-refractivity contribution >= 4 is 17.9 Å². The van der Waals surface area contributed by atoms with E-state index in [1.54, 1.807) is 0 Å². The van der Waals surface area contributed by atoms with E-state index in [2.05, 4.69) is 74.6 Å². The minimum Gasteiger partial charge on any atom is -0.477 e. The molecule has 316 valence electrons. The van der Waals surface area contributed by atoms with Crippen LogP contribution in [0.15, 0.2) is 60.8 Å². The van der Waals surface area contributed by atoms with Crippen molar-refractivity contribution in [3.8, 4) is 0 Å². The van der Waals surface area contributed by atoms with Crippen LogP contribution >= 0.6 is 0 Å². The van der Waals surface area contributed by atoms with Crippen LogP contribution < -0.4 is 0 Å². The zero-order valence-corrected chi connectivity index (χ0v) is 35.9. The van der Waals surface area contributed by atoms with Gasteiger partial charge < -0.3 is 23.8 Å². The summed E-state index contributed by atoms with van der Waals surface area (Å²) >= 11 is 0. The molecule has 0 rings (SSSR count). The molecule has 0 aliphatic carbocycles. The molecular formula is C47H82NO7+. The van der Waals surface area contributed by atoms with Gasteiger partial charge in [0.1, 0.15) is 6.61 Å². The SMILES string of the molecule is CC/C=C\C/C=C\C/C=C\CCCCCCCC(=O)OC(COCCC(C(=O)O)[N+](C)(C)C)COC(=O)CCCCCCC/C=C\C/C=C\CCCCCC. The Hall–Kier alpha value is -2.97. The highest BCUT2D eigenvalue weighted by Crippen LogP contribution is 2.13. The number of quaternary nitrogens is 1. The molecule has 0 aromatic carbocycles.